The van der Waals surface area contributed by atoms with Crippen molar-refractivity contribution >= 4 is 11.9 Å². The summed E-state index contributed by atoms with van der Waals surface area (Å²) in [5.74, 6) is 0.262. The summed E-state index contributed by atoms with van der Waals surface area (Å²) >= 11 is 0. The van der Waals surface area contributed by atoms with Crippen molar-refractivity contribution in [1.82, 2.24) is 5.32 Å². The fourth-order valence-corrected chi connectivity index (χ4v) is 2.18. The lowest BCUT2D eigenvalue weighted by molar-refractivity contribution is -0.144. The lowest BCUT2D eigenvalue weighted by atomic mass is 10.0. The summed E-state index contributed by atoms with van der Waals surface area (Å²) in [6.07, 6.45) is 6.56. The van der Waals surface area contributed by atoms with Crippen molar-refractivity contribution in [3.05, 3.63) is 0 Å². The molecule has 4 heteroatoms. The second kappa shape index (κ2) is 6.51. The SMILES string of the molecule is COC(=O)[C@H](C)NC(=O)CCC1CCCC1. The smallest absolute Gasteiger partial charge is 0.328 e. The van der Waals surface area contributed by atoms with Crippen LogP contribution in [-0.4, -0.2) is 25.0 Å². The summed E-state index contributed by atoms with van der Waals surface area (Å²) in [4.78, 5) is 22.6. The predicted octanol–water partition coefficient (Wildman–Crippen LogP) is 1.63. The number of hydrogen-bond donors (Lipinski definition) is 1. The fraction of sp³-hybridized carbons (Fsp3) is 0.833. The molecule has 0 spiro atoms. The minimum atomic E-state index is -0.541. The van der Waals surface area contributed by atoms with Crippen LogP contribution in [0, 0.1) is 5.92 Å². The lowest BCUT2D eigenvalue weighted by Crippen LogP contribution is -2.39. The van der Waals surface area contributed by atoms with Crippen LogP contribution in [0.3, 0.4) is 0 Å². The van der Waals surface area contributed by atoms with Gasteiger partial charge >= 0.3 is 5.97 Å². The zero-order valence-electron chi connectivity index (χ0n) is 10.1. The van der Waals surface area contributed by atoms with E-state index in [0.29, 0.717) is 12.3 Å². The average molecular weight is 227 g/mol. The number of ether oxygens (including phenoxy) is 1. The fourth-order valence-electron chi connectivity index (χ4n) is 2.18. The average Bonchev–Trinajstić information content (AvgIpc) is 2.78. The number of hydrogen-bond acceptors (Lipinski definition) is 3. The minimum Gasteiger partial charge on any atom is -0.467 e. The molecule has 0 unspecified atom stereocenters. The van der Waals surface area contributed by atoms with E-state index in [9.17, 15) is 9.59 Å². The van der Waals surface area contributed by atoms with Crippen LogP contribution >= 0.6 is 0 Å². The summed E-state index contributed by atoms with van der Waals surface area (Å²) < 4.78 is 4.54. The van der Waals surface area contributed by atoms with Crippen molar-refractivity contribution in [3.8, 4) is 0 Å². The Morgan fingerprint density at radius 3 is 2.56 bits per heavy atom. The van der Waals surface area contributed by atoms with Crippen LogP contribution in [0.2, 0.25) is 0 Å². The number of methoxy groups -OCH3 is 1. The zero-order valence-corrected chi connectivity index (χ0v) is 10.1. The number of esters is 1. The van der Waals surface area contributed by atoms with Gasteiger partial charge in [-0.25, -0.2) is 4.79 Å². The highest BCUT2D eigenvalue weighted by Crippen LogP contribution is 2.28. The predicted molar refractivity (Wildman–Crippen MR) is 60.8 cm³/mol. The molecule has 1 aliphatic rings. The maximum absolute atomic E-state index is 11.5. The monoisotopic (exact) mass is 227 g/mol. The first kappa shape index (κ1) is 13.0. The lowest BCUT2D eigenvalue weighted by Gasteiger charge is -2.12. The van der Waals surface area contributed by atoms with Gasteiger partial charge in [-0.3, -0.25) is 4.79 Å². The first-order valence-corrected chi connectivity index (χ1v) is 6.00. The standard InChI is InChI=1S/C12H21NO3/c1-9(12(15)16-2)13-11(14)8-7-10-5-3-4-6-10/h9-10H,3-8H2,1-2H3,(H,13,14)/t9-/m0/s1. The molecule has 0 bridgehead atoms. The van der Waals surface area contributed by atoms with Gasteiger partial charge in [0.1, 0.15) is 6.04 Å². The Kier molecular flexibility index (Phi) is 5.29. The number of nitrogens with one attached hydrogen (secondary N) is 1. The molecule has 1 N–H and O–H groups in total. The van der Waals surface area contributed by atoms with E-state index in [-0.39, 0.29) is 5.91 Å². The molecule has 1 fully saturated rings. The second-order valence-corrected chi connectivity index (χ2v) is 4.50. The van der Waals surface area contributed by atoms with Crippen molar-refractivity contribution in [2.24, 2.45) is 5.92 Å². The zero-order chi connectivity index (χ0) is 12.0. The molecule has 1 rings (SSSR count). The number of carbonyl (C=O) groups is 2. The van der Waals surface area contributed by atoms with Crippen LogP contribution < -0.4 is 5.32 Å². The summed E-state index contributed by atoms with van der Waals surface area (Å²) in [7, 11) is 1.32. The van der Waals surface area contributed by atoms with Crippen LogP contribution in [0.5, 0.6) is 0 Å². The van der Waals surface area contributed by atoms with Crippen molar-refractivity contribution < 1.29 is 14.3 Å². The molecule has 1 saturated carbocycles. The highest BCUT2D eigenvalue weighted by molar-refractivity contribution is 5.83. The highest BCUT2D eigenvalue weighted by atomic mass is 16.5. The van der Waals surface area contributed by atoms with Crippen LogP contribution in [0.25, 0.3) is 0 Å². The summed E-state index contributed by atoms with van der Waals surface area (Å²) in [6, 6.07) is -0.541. The van der Waals surface area contributed by atoms with Crippen molar-refractivity contribution in [3.63, 3.8) is 0 Å². The van der Waals surface area contributed by atoms with E-state index in [1.54, 1.807) is 6.92 Å². The van der Waals surface area contributed by atoms with E-state index < -0.39 is 12.0 Å². The van der Waals surface area contributed by atoms with Gasteiger partial charge in [-0.15, -0.1) is 0 Å². The number of rotatable bonds is 5. The van der Waals surface area contributed by atoms with E-state index in [1.165, 1.54) is 32.8 Å². The first-order chi connectivity index (χ1) is 7.63. The van der Waals surface area contributed by atoms with Gasteiger partial charge in [0.25, 0.3) is 0 Å². The maximum Gasteiger partial charge on any atom is 0.328 e. The molecule has 1 amide bonds. The summed E-state index contributed by atoms with van der Waals surface area (Å²) in [5, 5.41) is 2.64. The Labute approximate surface area is 96.7 Å². The van der Waals surface area contributed by atoms with Gasteiger partial charge < -0.3 is 10.1 Å². The molecule has 0 aliphatic heterocycles. The Hall–Kier alpha value is -1.06. The van der Waals surface area contributed by atoms with E-state index >= 15 is 0 Å². The van der Waals surface area contributed by atoms with Gasteiger partial charge in [0, 0.05) is 6.42 Å². The number of carbonyl (C=O) groups excluding carboxylic acids is 2. The molecule has 0 aromatic rings. The quantitative estimate of drug-likeness (QED) is 0.726. The van der Waals surface area contributed by atoms with E-state index in [1.807, 2.05) is 0 Å². The van der Waals surface area contributed by atoms with E-state index in [0.717, 1.165) is 6.42 Å². The molecule has 4 nitrogen and oxygen atoms in total. The third-order valence-corrected chi connectivity index (χ3v) is 3.19. The normalized spacial score (nSPS) is 18.1. The van der Waals surface area contributed by atoms with Gasteiger partial charge in [-0.1, -0.05) is 25.7 Å². The topological polar surface area (TPSA) is 55.4 Å². The third kappa shape index (κ3) is 4.21. The second-order valence-electron chi connectivity index (χ2n) is 4.50. The van der Waals surface area contributed by atoms with Gasteiger partial charge in [-0.2, -0.15) is 0 Å². The van der Waals surface area contributed by atoms with Gasteiger partial charge in [0.15, 0.2) is 0 Å². The summed E-state index contributed by atoms with van der Waals surface area (Å²) in [5.41, 5.74) is 0. The van der Waals surface area contributed by atoms with E-state index in [4.69, 9.17) is 0 Å². The van der Waals surface area contributed by atoms with E-state index in [2.05, 4.69) is 10.1 Å². The van der Waals surface area contributed by atoms with Crippen molar-refractivity contribution in [1.29, 1.82) is 0 Å². The molecule has 0 aromatic heterocycles. The molecular weight excluding hydrogens is 206 g/mol. The van der Waals surface area contributed by atoms with Gasteiger partial charge in [0.05, 0.1) is 7.11 Å². The van der Waals surface area contributed by atoms with Crippen LogP contribution in [0.1, 0.15) is 45.4 Å². The third-order valence-electron chi connectivity index (χ3n) is 3.19. The van der Waals surface area contributed by atoms with Crippen LogP contribution in [0.15, 0.2) is 0 Å². The van der Waals surface area contributed by atoms with Crippen molar-refractivity contribution in [2.45, 2.75) is 51.5 Å². The highest BCUT2D eigenvalue weighted by Gasteiger charge is 2.18. The number of amides is 1. The first-order valence-electron chi connectivity index (χ1n) is 6.00. The van der Waals surface area contributed by atoms with Gasteiger partial charge in [0.2, 0.25) is 5.91 Å². The van der Waals surface area contributed by atoms with Crippen LogP contribution in [-0.2, 0) is 14.3 Å². The molecule has 1 atom stereocenters. The molecule has 0 radical (unpaired) electrons. The van der Waals surface area contributed by atoms with Gasteiger partial charge in [-0.05, 0) is 19.3 Å². The molecule has 0 aromatic carbocycles. The Balaban J connectivity index is 2.17. The Bertz CT molecular complexity index is 247. The summed E-state index contributed by atoms with van der Waals surface area (Å²) in [6.45, 7) is 1.64. The Morgan fingerprint density at radius 1 is 1.38 bits per heavy atom. The maximum atomic E-state index is 11.5. The molecule has 92 valence electrons. The molecule has 16 heavy (non-hydrogen) atoms. The minimum absolute atomic E-state index is 0.0511. The molecule has 0 heterocycles. The molecule has 0 saturated heterocycles. The Morgan fingerprint density at radius 2 is 2.00 bits per heavy atom. The van der Waals surface area contributed by atoms with Crippen LogP contribution in [0.4, 0.5) is 0 Å². The molecule has 1 aliphatic carbocycles. The molecular formula is C12H21NO3. The largest absolute Gasteiger partial charge is 0.467 e. The van der Waals surface area contributed by atoms with Crippen molar-refractivity contribution in [2.75, 3.05) is 7.11 Å².